The lowest BCUT2D eigenvalue weighted by Crippen LogP contribution is -2.28. The minimum Gasteiger partial charge on any atom is -0.310 e. The van der Waals surface area contributed by atoms with Gasteiger partial charge in [0.15, 0.2) is 0 Å². The minimum atomic E-state index is -0.492. The summed E-state index contributed by atoms with van der Waals surface area (Å²) in [5.41, 5.74) is 17.6. The molecule has 0 N–H and O–H groups in total. The highest BCUT2D eigenvalue weighted by molar-refractivity contribution is 6.22. The molecule has 0 amide bonds. The molecule has 0 heterocycles. The van der Waals surface area contributed by atoms with Crippen LogP contribution in [0.25, 0.3) is 87.6 Å². The first kappa shape index (κ1) is 41.7. The second-order valence-electron chi connectivity index (χ2n) is 19.1. The summed E-state index contributed by atoms with van der Waals surface area (Å²) < 4.78 is 0. The maximum atomic E-state index is 2.47. The van der Waals surface area contributed by atoms with Crippen LogP contribution in [0.15, 0.2) is 285 Å². The zero-order valence-corrected chi connectivity index (χ0v) is 39.6. The number of anilines is 3. The number of hydrogen-bond acceptors (Lipinski definition) is 1. The van der Waals surface area contributed by atoms with Crippen LogP contribution < -0.4 is 4.90 Å². The van der Waals surface area contributed by atoms with E-state index in [4.69, 9.17) is 0 Å². The van der Waals surface area contributed by atoms with Crippen LogP contribution in [-0.2, 0) is 5.41 Å². The van der Waals surface area contributed by atoms with Gasteiger partial charge in [0.2, 0.25) is 0 Å². The number of rotatable bonds is 8. The molecular formula is C71H47N. The Morgan fingerprint density at radius 3 is 1.42 bits per heavy atom. The molecule has 0 bridgehead atoms. The van der Waals surface area contributed by atoms with E-state index in [0.717, 1.165) is 17.1 Å². The van der Waals surface area contributed by atoms with Gasteiger partial charge in [-0.2, -0.15) is 0 Å². The molecule has 0 radical (unpaired) electrons. The lowest BCUT2D eigenvalue weighted by Gasteiger charge is -2.34. The third-order valence-electron chi connectivity index (χ3n) is 15.3. The fraction of sp³-hybridized carbons (Fsp3) is 0.0141. The van der Waals surface area contributed by atoms with Crippen LogP contribution in [-0.4, -0.2) is 0 Å². The molecule has 0 aromatic heterocycles. The highest BCUT2D eigenvalue weighted by Gasteiger charge is 2.46. The first-order valence-electron chi connectivity index (χ1n) is 25.0. The Morgan fingerprint density at radius 2 is 0.708 bits per heavy atom. The van der Waals surface area contributed by atoms with Gasteiger partial charge in [-0.3, -0.25) is 0 Å². The van der Waals surface area contributed by atoms with Crippen molar-refractivity contribution in [2.45, 2.75) is 5.41 Å². The van der Waals surface area contributed by atoms with Crippen LogP contribution in [0.4, 0.5) is 17.1 Å². The molecule has 0 atom stereocenters. The van der Waals surface area contributed by atoms with Gasteiger partial charge in [0, 0.05) is 17.1 Å². The molecule has 1 aliphatic carbocycles. The first-order valence-corrected chi connectivity index (χ1v) is 25.0. The van der Waals surface area contributed by atoms with Gasteiger partial charge in [0.05, 0.1) is 5.41 Å². The van der Waals surface area contributed by atoms with Gasteiger partial charge < -0.3 is 4.90 Å². The van der Waals surface area contributed by atoms with Crippen LogP contribution in [0, 0.1) is 0 Å². The molecule has 0 aliphatic heterocycles. The Labute approximate surface area is 420 Å². The van der Waals surface area contributed by atoms with Crippen molar-refractivity contribution in [2.24, 2.45) is 0 Å². The third-order valence-corrected chi connectivity index (χ3v) is 15.3. The number of nitrogens with zero attached hydrogens (tertiary/aromatic N) is 1. The van der Waals surface area contributed by atoms with Crippen molar-refractivity contribution in [3.8, 4) is 44.5 Å². The summed E-state index contributed by atoms with van der Waals surface area (Å²) in [6.07, 6.45) is 0. The molecule has 0 saturated heterocycles. The zero-order valence-electron chi connectivity index (χ0n) is 39.6. The van der Waals surface area contributed by atoms with Crippen molar-refractivity contribution in [3.63, 3.8) is 0 Å². The number of fused-ring (bicyclic) bond motifs is 9. The Morgan fingerprint density at radius 1 is 0.236 bits per heavy atom. The molecule has 14 rings (SSSR count). The molecule has 0 fully saturated rings. The lowest BCUT2D eigenvalue weighted by atomic mass is 9.68. The van der Waals surface area contributed by atoms with Gasteiger partial charge in [-0.25, -0.2) is 0 Å². The molecule has 0 unspecified atom stereocenters. The van der Waals surface area contributed by atoms with E-state index >= 15 is 0 Å². The highest BCUT2D eigenvalue weighted by atomic mass is 15.1. The van der Waals surface area contributed by atoms with Crippen molar-refractivity contribution >= 4 is 60.2 Å². The number of benzene rings is 13. The lowest BCUT2D eigenvalue weighted by molar-refractivity contribution is 0.768. The Hall–Kier alpha value is -9.30. The van der Waals surface area contributed by atoms with Gasteiger partial charge in [-0.05, 0) is 152 Å². The molecular weight excluding hydrogens is 867 g/mol. The van der Waals surface area contributed by atoms with E-state index in [2.05, 4.69) is 290 Å². The van der Waals surface area contributed by atoms with E-state index in [1.165, 1.54) is 110 Å². The summed E-state index contributed by atoms with van der Waals surface area (Å²) in [4.78, 5) is 2.47. The standard InChI is InChI=1S/C71H47N/c1-5-20-50(21-6-1)69-64-31-16-15-29-61(64)62-43-40-57(47-66(62)70(69)51-22-7-2-8-23-51)72(56-38-35-48(36-39-56)52-37-42-60-53(45-52)34-33-49-19-13-14-28-59(49)60)58-41-44-68-65(46-58)63-30-17-18-32-67(63)71(68,54-24-9-3-10-25-54)55-26-11-4-12-27-55/h1-47H. The van der Waals surface area contributed by atoms with Crippen LogP contribution in [0.1, 0.15) is 22.3 Å². The zero-order chi connectivity index (χ0) is 47.6. The third kappa shape index (κ3) is 6.55. The smallest absolute Gasteiger partial charge is 0.0713 e. The monoisotopic (exact) mass is 913 g/mol. The fourth-order valence-electron chi connectivity index (χ4n) is 12.1. The van der Waals surface area contributed by atoms with Gasteiger partial charge in [0.25, 0.3) is 0 Å². The summed E-state index contributed by atoms with van der Waals surface area (Å²) in [7, 11) is 0. The normalized spacial score (nSPS) is 12.6. The summed E-state index contributed by atoms with van der Waals surface area (Å²) in [5.74, 6) is 0. The molecule has 72 heavy (non-hydrogen) atoms. The minimum absolute atomic E-state index is 0.492. The predicted molar refractivity (Wildman–Crippen MR) is 305 cm³/mol. The molecule has 336 valence electrons. The van der Waals surface area contributed by atoms with Crippen molar-refractivity contribution in [3.05, 3.63) is 307 Å². The molecule has 0 saturated carbocycles. The van der Waals surface area contributed by atoms with E-state index in [-0.39, 0.29) is 0 Å². The summed E-state index contributed by atoms with van der Waals surface area (Å²) in [6, 6.07) is 106. The van der Waals surface area contributed by atoms with Gasteiger partial charge in [-0.15, -0.1) is 0 Å². The Balaban J connectivity index is 1.01. The van der Waals surface area contributed by atoms with Gasteiger partial charge >= 0.3 is 0 Å². The largest absolute Gasteiger partial charge is 0.310 e. The number of hydrogen-bond donors (Lipinski definition) is 0. The molecule has 1 aliphatic rings. The second kappa shape index (κ2) is 17.0. The summed E-state index contributed by atoms with van der Waals surface area (Å²) >= 11 is 0. The van der Waals surface area contributed by atoms with Crippen LogP contribution in [0.3, 0.4) is 0 Å². The SMILES string of the molecule is c1ccc(-c2c(-c3ccccc3)c3cc(N(c4ccc(-c5ccc6c(ccc7ccccc76)c5)cc4)c4ccc5c(c4)-c4ccccc4C5(c4ccccc4)c4ccccc4)ccc3c3ccccc23)cc1. The maximum absolute atomic E-state index is 2.47. The van der Waals surface area contributed by atoms with Crippen molar-refractivity contribution in [1.82, 2.24) is 0 Å². The first-order chi connectivity index (χ1) is 35.7. The van der Waals surface area contributed by atoms with E-state index in [1.807, 2.05) is 0 Å². The highest BCUT2D eigenvalue weighted by Crippen LogP contribution is 2.57. The van der Waals surface area contributed by atoms with E-state index in [9.17, 15) is 0 Å². The van der Waals surface area contributed by atoms with Crippen LogP contribution >= 0.6 is 0 Å². The Kier molecular flexibility index (Phi) is 9.82. The average Bonchev–Trinajstić information content (AvgIpc) is 3.76. The maximum Gasteiger partial charge on any atom is 0.0713 e. The van der Waals surface area contributed by atoms with Crippen LogP contribution in [0.2, 0.25) is 0 Å². The van der Waals surface area contributed by atoms with E-state index < -0.39 is 5.41 Å². The second-order valence-corrected chi connectivity index (χ2v) is 19.1. The summed E-state index contributed by atoms with van der Waals surface area (Å²) in [5, 5.41) is 9.98. The van der Waals surface area contributed by atoms with Crippen LogP contribution in [0.5, 0.6) is 0 Å². The molecule has 0 spiro atoms. The van der Waals surface area contributed by atoms with E-state index in [0.29, 0.717) is 0 Å². The molecule has 1 heteroatoms. The quantitative estimate of drug-likeness (QED) is 0.137. The molecule has 1 nitrogen and oxygen atoms in total. The van der Waals surface area contributed by atoms with Crippen molar-refractivity contribution in [1.29, 1.82) is 0 Å². The molecule has 13 aromatic rings. The fourth-order valence-corrected chi connectivity index (χ4v) is 12.1. The molecule has 13 aromatic carbocycles. The van der Waals surface area contributed by atoms with Gasteiger partial charge in [-0.1, -0.05) is 243 Å². The summed E-state index contributed by atoms with van der Waals surface area (Å²) in [6.45, 7) is 0. The average molecular weight is 914 g/mol. The van der Waals surface area contributed by atoms with Gasteiger partial charge in [0.1, 0.15) is 0 Å². The van der Waals surface area contributed by atoms with Crippen molar-refractivity contribution < 1.29 is 0 Å². The Bertz CT molecular complexity index is 4140. The topological polar surface area (TPSA) is 3.24 Å². The van der Waals surface area contributed by atoms with E-state index in [1.54, 1.807) is 0 Å². The predicted octanol–water partition coefficient (Wildman–Crippen LogP) is 19.1. The van der Waals surface area contributed by atoms with Crippen molar-refractivity contribution in [2.75, 3.05) is 4.90 Å².